The molecular weight excluding hydrogens is 302 g/mol. The van der Waals surface area contributed by atoms with Crippen molar-refractivity contribution in [1.29, 1.82) is 0 Å². The van der Waals surface area contributed by atoms with Gasteiger partial charge >= 0.3 is 5.97 Å². The van der Waals surface area contributed by atoms with Crippen molar-refractivity contribution in [2.75, 3.05) is 6.54 Å². The largest absolute Gasteiger partial charge is 0.460 e. The first kappa shape index (κ1) is 17.7. The number of amides is 1. The van der Waals surface area contributed by atoms with Crippen LogP contribution < -0.4 is 5.32 Å². The maximum Gasteiger partial charge on any atom is 0.325 e. The van der Waals surface area contributed by atoms with Gasteiger partial charge in [0.05, 0.1) is 5.92 Å². The number of carbonyl (C=O) groups is 2. The van der Waals surface area contributed by atoms with Crippen LogP contribution in [0.2, 0.25) is 0 Å². The molecule has 24 heavy (non-hydrogen) atoms. The minimum absolute atomic E-state index is 0.112. The SMILES string of the molecule is CCCC(C(=O)NCC(=O)OCc1ccccc1)c1ccccc1. The molecule has 0 heterocycles. The first-order valence-corrected chi connectivity index (χ1v) is 8.23. The topological polar surface area (TPSA) is 55.4 Å². The zero-order chi connectivity index (χ0) is 17.2. The van der Waals surface area contributed by atoms with Crippen molar-refractivity contribution in [2.24, 2.45) is 0 Å². The Labute approximate surface area is 142 Å². The fourth-order valence-corrected chi connectivity index (χ4v) is 2.49. The lowest BCUT2D eigenvalue weighted by Gasteiger charge is -2.16. The molecule has 1 amide bonds. The van der Waals surface area contributed by atoms with Crippen molar-refractivity contribution in [3.63, 3.8) is 0 Å². The minimum atomic E-state index is -0.435. The molecule has 0 saturated carbocycles. The van der Waals surface area contributed by atoms with Crippen molar-refractivity contribution in [1.82, 2.24) is 5.32 Å². The molecule has 4 heteroatoms. The highest BCUT2D eigenvalue weighted by Crippen LogP contribution is 2.21. The predicted molar refractivity (Wildman–Crippen MR) is 93.3 cm³/mol. The van der Waals surface area contributed by atoms with Gasteiger partial charge in [-0.05, 0) is 17.5 Å². The molecule has 2 aromatic rings. The van der Waals surface area contributed by atoms with Crippen LogP contribution in [0.5, 0.6) is 0 Å². The summed E-state index contributed by atoms with van der Waals surface area (Å²) in [6, 6.07) is 19.1. The Morgan fingerprint density at radius 3 is 2.25 bits per heavy atom. The van der Waals surface area contributed by atoms with E-state index in [-0.39, 0.29) is 25.0 Å². The molecule has 0 aromatic heterocycles. The van der Waals surface area contributed by atoms with Gasteiger partial charge in [0.25, 0.3) is 0 Å². The molecule has 0 aliphatic rings. The van der Waals surface area contributed by atoms with E-state index in [1.54, 1.807) is 0 Å². The van der Waals surface area contributed by atoms with Gasteiger partial charge < -0.3 is 10.1 Å². The zero-order valence-electron chi connectivity index (χ0n) is 13.9. The number of carbonyl (C=O) groups excluding carboxylic acids is 2. The van der Waals surface area contributed by atoms with Crippen molar-refractivity contribution in [2.45, 2.75) is 32.3 Å². The number of benzene rings is 2. The number of nitrogens with one attached hydrogen (secondary N) is 1. The third-order valence-electron chi connectivity index (χ3n) is 3.75. The molecule has 0 fully saturated rings. The minimum Gasteiger partial charge on any atom is -0.460 e. The van der Waals surface area contributed by atoms with Crippen LogP contribution in [0.25, 0.3) is 0 Å². The summed E-state index contributed by atoms with van der Waals surface area (Å²) in [5, 5.41) is 2.69. The normalized spacial score (nSPS) is 11.5. The second kappa shape index (κ2) is 9.50. The highest BCUT2D eigenvalue weighted by Gasteiger charge is 2.20. The summed E-state index contributed by atoms with van der Waals surface area (Å²) >= 11 is 0. The van der Waals surface area contributed by atoms with Crippen LogP contribution in [-0.4, -0.2) is 18.4 Å². The molecule has 0 spiro atoms. The first-order chi connectivity index (χ1) is 11.7. The van der Waals surface area contributed by atoms with Gasteiger partial charge in [-0.3, -0.25) is 9.59 Å². The Morgan fingerprint density at radius 2 is 1.62 bits per heavy atom. The molecule has 0 aliphatic carbocycles. The smallest absolute Gasteiger partial charge is 0.325 e. The average Bonchev–Trinajstić information content (AvgIpc) is 2.64. The van der Waals surface area contributed by atoms with Crippen LogP contribution in [0.3, 0.4) is 0 Å². The molecule has 2 aromatic carbocycles. The van der Waals surface area contributed by atoms with E-state index in [1.807, 2.05) is 67.6 Å². The fraction of sp³-hybridized carbons (Fsp3) is 0.300. The van der Waals surface area contributed by atoms with Crippen LogP contribution in [0.1, 0.15) is 36.8 Å². The summed E-state index contributed by atoms with van der Waals surface area (Å²) in [6.45, 7) is 2.14. The molecule has 0 bridgehead atoms. The Bertz CT molecular complexity index is 640. The summed E-state index contributed by atoms with van der Waals surface area (Å²) in [7, 11) is 0. The maximum atomic E-state index is 12.4. The Hall–Kier alpha value is -2.62. The van der Waals surface area contributed by atoms with E-state index in [9.17, 15) is 9.59 Å². The van der Waals surface area contributed by atoms with Crippen molar-refractivity contribution < 1.29 is 14.3 Å². The first-order valence-electron chi connectivity index (χ1n) is 8.23. The Kier molecular flexibility index (Phi) is 7.02. The Morgan fingerprint density at radius 1 is 1.00 bits per heavy atom. The van der Waals surface area contributed by atoms with Gasteiger partial charge in [0.2, 0.25) is 5.91 Å². The van der Waals surface area contributed by atoms with Crippen LogP contribution in [0.15, 0.2) is 60.7 Å². The summed E-state index contributed by atoms with van der Waals surface area (Å²) in [4.78, 5) is 24.2. The predicted octanol–water partition coefficient (Wildman–Crippen LogP) is 3.43. The molecule has 126 valence electrons. The number of hydrogen-bond donors (Lipinski definition) is 1. The van der Waals surface area contributed by atoms with Gasteiger partial charge in [-0.25, -0.2) is 0 Å². The van der Waals surface area contributed by atoms with E-state index in [4.69, 9.17) is 4.74 Å². The molecule has 1 atom stereocenters. The van der Waals surface area contributed by atoms with Gasteiger partial charge in [-0.15, -0.1) is 0 Å². The fourth-order valence-electron chi connectivity index (χ4n) is 2.49. The van der Waals surface area contributed by atoms with Crippen molar-refractivity contribution >= 4 is 11.9 Å². The average molecular weight is 325 g/mol. The number of esters is 1. The monoisotopic (exact) mass is 325 g/mol. The van der Waals surface area contributed by atoms with E-state index in [0.717, 1.165) is 24.0 Å². The molecule has 0 aliphatic heterocycles. The van der Waals surface area contributed by atoms with E-state index >= 15 is 0 Å². The van der Waals surface area contributed by atoms with Crippen LogP contribution in [0, 0.1) is 0 Å². The van der Waals surface area contributed by atoms with E-state index in [1.165, 1.54) is 0 Å². The summed E-state index contributed by atoms with van der Waals surface area (Å²) in [5.41, 5.74) is 1.89. The standard InChI is InChI=1S/C20H23NO3/c1-2-9-18(17-12-7-4-8-13-17)20(23)21-14-19(22)24-15-16-10-5-3-6-11-16/h3-8,10-13,18H,2,9,14-15H2,1H3,(H,21,23). The maximum absolute atomic E-state index is 12.4. The molecule has 1 N–H and O–H groups in total. The van der Waals surface area contributed by atoms with Gasteiger partial charge in [0.15, 0.2) is 0 Å². The third kappa shape index (κ3) is 5.54. The number of ether oxygens (including phenoxy) is 1. The molecule has 0 saturated heterocycles. The molecule has 0 radical (unpaired) electrons. The number of rotatable bonds is 8. The molecule has 1 unspecified atom stereocenters. The van der Waals surface area contributed by atoms with Gasteiger partial charge in [-0.2, -0.15) is 0 Å². The second-order valence-electron chi connectivity index (χ2n) is 5.62. The summed E-state index contributed by atoms with van der Waals surface area (Å²) < 4.78 is 5.17. The summed E-state index contributed by atoms with van der Waals surface area (Å²) in [6.07, 6.45) is 1.64. The second-order valence-corrected chi connectivity index (χ2v) is 5.62. The quantitative estimate of drug-likeness (QED) is 0.757. The van der Waals surface area contributed by atoms with Crippen LogP contribution in [0.4, 0.5) is 0 Å². The van der Waals surface area contributed by atoms with Crippen LogP contribution in [-0.2, 0) is 20.9 Å². The third-order valence-corrected chi connectivity index (χ3v) is 3.75. The van der Waals surface area contributed by atoms with Crippen LogP contribution >= 0.6 is 0 Å². The van der Waals surface area contributed by atoms with Crippen molar-refractivity contribution in [3.05, 3.63) is 71.8 Å². The van der Waals surface area contributed by atoms with Gasteiger partial charge in [0.1, 0.15) is 13.2 Å². The highest BCUT2D eigenvalue weighted by molar-refractivity contribution is 5.86. The molecule has 2 rings (SSSR count). The summed E-state index contributed by atoms with van der Waals surface area (Å²) in [5.74, 6) is -0.812. The van der Waals surface area contributed by atoms with E-state index in [0.29, 0.717) is 0 Å². The zero-order valence-corrected chi connectivity index (χ0v) is 13.9. The lowest BCUT2D eigenvalue weighted by atomic mass is 9.94. The Balaban J connectivity index is 1.83. The van der Waals surface area contributed by atoms with Gasteiger partial charge in [-0.1, -0.05) is 74.0 Å². The molecular formula is C20H23NO3. The van der Waals surface area contributed by atoms with E-state index < -0.39 is 5.97 Å². The number of hydrogen-bond acceptors (Lipinski definition) is 3. The highest BCUT2D eigenvalue weighted by atomic mass is 16.5. The lowest BCUT2D eigenvalue weighted by Crippen LogP contribution is -2.34. The molecule has 4 nitrogen and oxygen atoms in total. The van der Waals surface area contributed by atoms with Crippen molar-refractivity contribution in [3.8, 4) is 0 Å². The van der Waals surface area contributed by atoms with Gasteiger partial charge in [0, 0.05) is 0 Å². The lowest BCUT2D eigenvalue weighted by molar-refractivity contribution is -0.145. The van der Waals surface area contributed by atoms with E-state index in [2.05, 4.69) is 5.32 Å².